The van der Waals surface area contributed by atoms with Gasteiger partial charge in [-0.15, -0.1) is 0 Å². The molecule has 1 aliphatic rings. The lowest BCUT2D eigenvalue weighted by atomic mass is 9.95. The lowest BCUT2D eigenvalue weighted by molar-refractivity contribution is -0.131. The molecule has 3 aromatic carbocycles. The zero-order chi connectivity index (χ0) is 32.5. The predicted octanol–water partition coefficient (Wildman–Crippen LogP) is 5.17. The van der Waals surface area contributed by atoms with Gasteiger partial charge in [0.15, 0.2) is 11.6 Å². The highest BCUT2D eigenvalue weighted by atomic mass is 35.5. The van der Waals surface area contributed by atoms with Crippen LogP contribution in [0.15, 0.2) is 71.9 Å². The van der Waals surface area contributed by atoms with Crippen molar-refractivity contribution in [2.24, 2.45) is 11.1 Å². The topological polar surface area (TPSA) is 146 Å². The van der Waals surface area contributed by atoms with Crippen molar-refractivity contribution < 1.29 is 28.7 Å². The van der Waals surface area contributed by atoms with Crippen molar-refractivity contribution in [1.82, 2.24) is 15.5 Å². The summed E-state index contributed by atoms with van der Waals surface area (Å²) in [5.41, 5.74) is 7.89. The zero-order valence-corrected chi connectivity index (χ0v) is 25.9. The number of halogens is 2. The lowest BCUT2D eigenvalue weighted by Gasteiger charge is -2.26. The van der Waals surface area contributed by atoms with Crippen LogP contribution in [-0.2, 0) is 16.1 Å². The minimum atomic E-state index is -1.38. The maximum Gasteiger partial charge on any atom is 0.325 e. The van der Waals surface area contributed by atoms with Gasteiger partial charge in [0.1, 0.15) is 18.5 Å². The number of Topliss-reactive ketones (excluding diaryl/α,β-unsaturated/α-hetero) is 1. The molecule has 0 aliphatic carbocycles. The average Bonchev–Trinajstić information content (AvgIpc) is 3.19. The number of benzene rings is 3. The summed E-state index contributed by atoms with van der Waals surface area (Å²) in [6.07, 6.45) is -0.193. The van der Waals surface area contributed by atoms with Crippen LogP contribution in [0.1, 0.15) is 65.9 Å². The van der Waals surface area contributed by atoms with Crippen molar-refractivity contribution in [3.8, 4) is 0 Å². The van der Waals surface area contributed by atoms with E-state index in [0.29, 0.717) is 29.0 Å². The average molecular weight is 638 g/mol. The number of nitrogens with zero attached hydrogens (tertiary/aromatic N) is 2. The fourth-order valence-corrected chi connectivity index (χ4v) is 5.32. The van der Waals surface area contributed by atoms with E-state index in [1.54, 1.807) is 49.4 Å². The van der Waals surface area contributed by atoms with Gasteiger partial charge in [-0.3, -0.25) is 14.5 Å². The number of ketones is 1. The number of urea groups is 1. The number of nitrogens with two attached hydrogens (primary N) is 1. The highest BCUT2D eigenvalue weighted by Gasteiger charge is 2.35. The molecule has 4 rings (SSSR count). The van der Waals surface area contributed by atoms with E-state index in [1.807, 2.05) is 6.92 Å². The molecular weight excluding hydrogens is 601 g/mol. The largest absolute Gasteiger partial charge is 0.398 e. The number of nitrogens with one attached hydrogen (secondary N) is 2. The highest BCUT2D eigenvalue weighted by Crippen LogP contribution is 2.28. The molecule has 1 unspecified atom stereocenters. The maximum absolute atomic E-state index is 14.6. The number of anilines is 1. The monoisotopic (exact) mass is 637 g/mol. The van der Waals surface area contributed by atoms with Gasteiger partial charge in [0.05, 0.1) is 18.5 Å². The lowest BCUT2D eigenvalue weighted by Crippen LogP contribution is -2.48. The van der Waals surface area contributed by atoms with E-state index in [2.05, 4.69) is 15.8 Å². The summed E-state index contributed by atoms with van der Waals surface area (Å²) in [6.45, 7) is 3.89. The van der Waals surface area contributed by atoms with E-state index in [9.17, 15) is 23.9 Å². The number of amidine groups is 1. The normalized spacial score (nSPS) is 17.3. The van der Waals surface area contributed by atoms with Gasteiger partial charge in [-0.25, -0.2) is 9.18 Å². The number of imide groups is 1. The van der Waals surface area contributed by atoms with Crippen LogP contribution >= 0.6 is 11.6 Å². The second-order valence-corrected chi connectivity index (χ2v) is 11.1. The van der Waals surface area contributed by atoms with Crippen LogP contribution in [0.2, 0.25) is 5.02 Å². The van der Waals surface area contributed by atoms with E-state index in [1.165, 1.54) is 24.3 Å². The first-order chi connectivity index (χ1) is 21.6. The minimum absolute atomic E-state index is 0.00314. The molecule has 45 heavy (non-hydrogen) atoms. The third kappa shape index (κ3) is 8.37. The Labute approximate surface area is 266 Å². The number of nitrogen functional groups attached to an aromatic ring is 1. The predicted molar refractivity (Wildman–Crippen MR) is 170 cm³/mol. The molecule has 0 spiro atoms. The quantitative estimate of drug-likeness (QED) is 0.129. The second-order valence-electron chi connectivity index (χ2n) is 10.7. The molecule has 3 amide bonds. The number of carbonyl (C=O) groups excluding carboxylic acids is 3. The van der Waals surface area contributed by atoms with Crippen LogP contribution in [0.25, 0.3) is 0 Å². The Balaban J connectivity index is 1.57. The molecule has 1 heterocycles. The smallest absolute Gasteiger partial charge is 0.325 e. The summed E-state index contributed by atoms with van der Waals surface area (Å²) in [6, 6.07) is 16.2. The fraction of sp³-hybridized carbons (Fsp3) is 0.333. The first-order valence-electron chi connectivity index (χ1n) is 14.8. The van der Waals surface area contributed by atoms with Crippen LogP contribution in [0.3, 0.4) is 0 Å². The van der Waals surface area contributed by atoms with Crippen molar-refractivity contribution in [2.45, 2.75) is 45.3 Å². The van der Waals surface area contributed by atoms with E-state index in [4.69, 9.17) is 22.2 Å². The Morgan fingerprint density at radius 2 is 1.91 bits per heavy atom. The number of amides is 3. The van der Waals surface area contributed by atoms with Gasteiger partial charge >= 0.3 is 6.03 Å². The molecule has 10 nitrogen and oxygen atoms in total. The SMILES string of the molecule is CCC[C@@H](NC(=O)N1CC(=NOCC)NC[C@@H](Cc2cc(Cl)ccc2F)C1=O)c1ccc(C(=O)C(O)c2ccccc2)c(N)c1. The van der Waals surface area contributed by atoms with Gasteiger partial charge < -0.3 is 26.3 Å². The highest BCUT2D eigenvalue weighted by molar-refractivity contribution is 6.30. The summed E-state index contributed by atoms with van der Waals surface area (Å²) in [5, 5.41) is 20.9. The van der Waals surface area contributed by atoms with Gasteiger partial charge in [0.2, 0.25) is 5.91 Å². The van der Waals surface area contributed by atoms with Gasteiger partial charge in [0, 0.05) is 22.8 Å². The van der Waals surface area contributed by atoms with Crippen molar-refractivity contribution >= 4 is 40.8 Å². The zero-order valence-electron chi connectivity index (χ0n) is 25.1. The standard InChI is InChI=1S/C33H37ClFN5O5/c1-3-8-28(21-11-13-25(27(36)17-21)31(42)30(41)20-9-6-5-7-10-20)38-33(44)40-19-29(39-45-4-2)37-18-23(32(40)43)15-22-16-24(34)12-14-26(22)35/h5-7,9-14,16-17,23,28,30,41H,3-4,8,15,18-19,36H2,1-2H3,(H,37,39)(H,38,44)/t23-,28-,30?/m1/s1. The Hall–Kier alpha value is -4.48. The molecular formula is C33H37ClFN5O5. The molecule has 3 atom stereocenters. The van der Waals surface area contributed by atoms with Gasteiger partial charge in [-0.05, 0) is 66.8 Å². The number of rotatable bonds is 11. The summed E-state index contributed by atoms with van der Waals surface area (Å²) in [5.74, 6) is -2.11. The van der Waals surface area contributed by atoms with Gasteiger partial charge in [-0.1, -0.05) is 66.5 Å². The molecule has 0 radical (unpaired) electrons. The number of oxime groups is 1. The Morgan fingerprint density at radius 1 is 1.16 bits per heavy atom. The molecule has 238 valence electrons. The maximum atomic E-state index is 14.6. The van der Waals surface area contributed by atoms with E-state index >= 15 is 0 Å². The summed E-state index contributed by atoms with van der Waals surface area (Å²) in [7, 11) is 0. The first-order valence-corrected chi connectivity index (χ1v) is 15.2. The fourth-order valence-electron chi connectivity index (χ4n) is 5.13. The molecule has 0 aromatic heterocycles. The molecule has 0 saturated carbocycles. The van der Waals surface area contributed by atoms with Crippen molar-refractivity contribution in [3.63, 3.8) is 0 Å². The first kappa shape index (κ1) is 33.4. The van der Waals surface area contributed by atoms with Crippen LogP contribution in [0, 0.1) is 11.7 Å². The Bertz CT molecular complexity index is 1550. The van der Waals surface area contributed by atoms with Gasteiger partial charge in [-0.2, -0.15) is 0 Å². The number of carbonyl (C=O) groups is 3. The molecule has 1 fully saturated rings. The summed E-state index contributed by atoms with van der Waals surface area (Å²) >= 11 is 6.07. The number of hydrogen-bond donors (Lipinski definition) is 4. The van der Waals surface area contributed by atoms with Crippen LogP contribution in [-0.4, -0.2) is 53.3 Å². The van der Waals surface area contributed by atoms with Crippen LogP contribution in [0.5, 0.6) is 0 Å². The van der Waals surface area contributed by atoms with Gasteiger partial charge in [0.25, 0.3) is 0 Å². The summed E-state index contributed by atoms with van der Waals surface area (Å²) < 4.78 is 14.6. The molecule has 3 aromatic rings. The number of aliphatic hydroxyl groups excluding tert-OH is 1. The molecule has 0 bridgehead atoms. The minimum Gasteiger partial charge on any atom is -0.398 e. The Morgan fingerprint density at radius 3 is 2.60 bits per heavy atom. The van der Waals surface area contributed by atoms with Crippen molar-refractivity contribution in [2.75, 3.05) is 25.4 Å². The summed E-state index contributed by atoms with van der Waals surface area (Å²) in [4.78, 5) is 46.7. The number of aliphatic hydroxyl groups is 1. The van der Waals surface area contributed by atoms with Crippen molar-refractivity contribution in [1.29, 1.82) is 0 Å². The van der Waals surface area contributed by atoms with E-state index < -0.39 is 41.6 Å². The van der Waals surface area contributed by atoms with Crippen LogP contribution in [0.4, 0.5) is 14.9 Å². The number of hydrogen-bond acceptors (Lipinski definition) is 7. The third-order valence-electron chi connectivity index (χ3n) is 7.48. The third-order valence-corrected chi connectivity index (χ3v) is 7.72. The molecule has 1 aliphatic heterocycles. The van der Waals surface area contributed by atoms with E-state index in [-0.39, 0.29) is 48.8 Å². The Kier molecular flexibility index (Phi) is 11.5. The molecule has 12 heteroatoms. The van der Waals surface area contributed by atoms with Crippen molar-refractivity contribution in [3.05, 3.63) is 99.8 Å². The van der Waals surface area contributed by atoms with E-state index in [0.717, 1.165) is 4.90 Å². The van der Waals surface area contributed by atoms with Crippen LogP contribution < -0.4 is 16.4 Å². The molecule has 5 N–H and O–H groups in total. The molecule has 1 saturated heterocycles. The second kappa shape index (κ2) is 15.5.